The Morgan fingerprint density at radius 3 is 2.87 bits per heavy atom. The average molecular weight is 453 g/mol. The Morgan fingerprint density at radius 2 is 2.17 bits per heavy atom. The number of carbonyl (C=O) groups excluding carboxylic acids is 1. The van der Waals surface area contributed by atoms with E-state index in [1.807, 2.05) is 0 Å². The van der Waals surface area contributed by atoms with E-state index in [0.717, 1.165) is 0 Å². The highest BCUT2D eigenvalue weighted by molar-refractivity contribution is 6.30. The van der Waals surface area contributed by atoms with Gasteiger partial charge in [-0.3, -0.25) is 4.79 Å². The number of nitrogens with zero attached hydrogens (tertiary/aromatic N) is 5. The second-order valence-electron chi connectivity index (χ2n) is 6.42. The first-order chi connectivity index (χ1) is 14.5. The Morgan fingerprint density at radius 1 is 1.33 bits per heavy atom. The van der Waals surface area contributed by atoms with Crippen LogP contribution in [0.2, 0.25) is 5.02 Å². The summed E-state index contributed by atoms with van der Waals surface area (Å²) in [6.45, 7) is 0. The molecule has 30 heavy (non-hydrogen) atoms. The summed E-state index contributed by atoms with van der Waals surface area (Å²) >= 11 is 11.6. The monoisotopic (exact) mass is 452 g/mol. The first-order valence-corrected chi connectivity index (χ1v) is 10.0. The first-order valence-electron chi connectivity index (χ1n) is 9.10. The fourth-order valence-corrected chi connectivity index (χ4v) is 3.22. The van der Waals surface area contributed by atoms with Gasteiger partial charge in [-0.25, -0.2) is 4.39 Å². The highest BCUT2D eigenvalue weighted by atomic mass is 35.5. The Hall–Kier alpha value is -2.78. The second-order valence-corrected chi connectivity index (χ2v) is 7.20. The lowest BCUT2D eigenvalue weighted by molar-refractivity contribution is -0.120. The van der Waals surface area contributed by atoms with Gasteiger partial charge in [-0.05, 0) is 37.0 Å². The van der Waals surface area contributed by atoms with Crippen LogP contribution in [0.1, 0.15) is 18.4 Å². The van der Waals surface area contributed by atoms with Crippen molar-refractivity contribution in [2.45, 2.75) is 19.3 Å². The number of halogens is 3. The molecule has 0 saturated carbocycles. The van der Waals surface area contributed by atoms with E-state index in [9.17, 15) is 9.18 Å². The van der Waals surface area contributed by atoms with Gasteiger partial charge in [0.15, 0.2) is 5.82 Å². The third kappa shape index (κ3) is 5.43. The zero-order valence-corrected chi connectivity index (χ0v) is 17.6. The zero-order valence-electron chi connectivity index (χ0n) is 16.1. The number of nitrogens with one attached hydrogen (secondary N) is 1. The molecule has 0 fully saturated rings. The summed E-state index contributed by atoms with van der Waals surface area (Å²) in [6.07, 6.45) is 5.81. The molecule has 0 spiro atoms. The van der Waals surface area contributed by atoms with Crippen molar-refractivity contribution in [2.24, 2.45) is 5.92 Å². The lowest BCUT2D eigenvalue weighted by Crippen LogP contribution is -2.25. The number of methoxy groups -OCH3 is 1. The van der Waals surface area contributed by atoms with Crippen molar-refractivity contribution in [1.29, 1.82) is 0 Å². The van der Waals surface area contributed by atoms with Crippen LogP contribution in [0.15, 0.2) is 36.8 Å². The van der Waals surface area contributed by atoms with E-state index in [1.54, 1.807) is 6.07 Å². The topological polar surface area (TPSA) is 94.8 Å². The molecule has 11 heteroatoms. The standard InChI is InChI=1S/C19H19Cl2FN6O2/c1-30-17-9-15(21)16(22)8-13(17)7-12(3-2-5-20)19(29)26-18-11-25-28(27-18)14-4-6-23-24-10-14/h4,6,8-12H,2-3,5,7H2,1H3,(H,26,27,29). The predicted molar refractivity (Wildman–Crippen MR) is 111 cm³/mol. The molecule has 1 unspecified atom stereocenters. The van der Waals surface area contributed by atoms with E-state index in [2.05, 4.69) is 25.7 Å². The third-order valence-electron chi connectivity index (χ3n) is 4.39. The van der Waals surface area contributed by atoms with Gasteiger partial charge in [0.25, 0.3) is 0 Å². The van der Waals surface area contributed by atoms with Gasteiger partial charge in [0.2, 0.25) is 5.91 Å². The molecule has 1 atom stereocenters. The maximum absolute atomic E-state index is 14.0. The lowest BCUT2D eigenvalue weighted by atomic mass is 9.93. The van der Waals surface area contributed by atoms with E-state index >= 15 is 0 Å². The summed E-state index contributed by atoms with van der Waals surface area (Å²) < 4.78 is 19.3. The molecule has 3 rings (SSSR count). The van der Waals surface area contributed by atoms with Crippen molar-refractivity contribution in [3.05, 3.63) is 53.2 Å². The SMILES string of the molecule is COc1cc(Cl)c(F)cc1CC(CCCCl)C(=O)Nc1cnn(-c2ccnnc2)n1. The summed E-state index contributed by atoms with van der Waals surface area (Å²) in [7, 11) is 1.47. The summed E-state index contributed by atoms with van der Waals surface area (Å²) in [6, 6.07) is 4.37. The Labute approximate surface area is 182 Å². The number of ether oxygens (including phenoxy) is 1. The van der Waals surface area contributed by atoms with E-state index in [-0.39, 0.29) is 23.2 Å². The molecular weight excluding hydrogens is 434 g/mol. The molecule has 1 aromatic carbocycles. The smallest absolute Gasteiger partial charge is 0.229 e. The summed E-state index contributed by atoms with van der Waals surface area (Å²) in [5.74, 6) is -0.231. The summed E-state index contributed by atoms with van der Waals surface area (Å²) in [5.41, 5.74) is 1.14. The minimum absolute atomic E-state index is 0.0421. The van der Waals surface area contributed by atoms with Crippen molar-refractivity contribution in [3.8, 4) is 11.4 Å². The van der Waals surface area contributed by atoms with Gasteiger partial charge in [0.05, 0.1) is 30.7 Å². The van der Waals surface area contributed by atoms with Gasteiger partial charge in [-0.2, -0.15) is 15.3 Å². The number of anilines is 1. The molecule has 0 aliphatic heterocycles. The van der Waals surface area contributed by atoms with Crippen LogP contribution in [0.3, 0.4) is 0 Å². The largest absolute Gasteiger partial charge is 0.496 e. The number of aromatic nitrogens is 5. The van der Waals surface area contributed by atoms with Crippen LogP contribution in [0, 0.1) is 11.7 Å². The van der Waals surface area contributed by atoms with Crippen molar-refractivity contribution >= 4 is 34.9 Å². The summed E-state index contributed by atoms with van der Waals surface area (Å²) in [5, 5.41) is 18.5. The number of hydrogen-bond acceptors (Lipinski definition) is 6. The Kier molecular flexibility index (Phi) is 7.53. The minimum Gasteiger partial charge on any atom is -0.496 e. The number of amides is 1. The molecule has 0 aliphatic rings. The van der Waals surface area contributed by atoms with Gasteiger partial charge in [-0.1, -0.05) is 11.6 Å². The second kappa shape index (κ2) is 10.3. The maximum Gasteiger partial charge on any atom is 0.229 e. The third-order valence-corrected chi connectivity index (χ3v) is 4.95. The average Bonchev–Trinajstić information content (AvgIpc) is 3.22. The van der Waals surface area contributed by atoms with Crippen molar-refractivity contribution < 1.29 is 13.9 Å². The molecular formula is C19H19Cl2FN6O2. The highest BCUT2D eigenvalue weighted by Crippen LogP contribution is 2.29. The number of hydrogen-bond donors (Lipinski definition) is 1. The number of alkyl halides is 1. The number of carbonyl (C=O) groups is 1. The van der Waals surface area contributed by atoms with E-state index in [4.69, 9.17) is 27.9 Å². The molecule has 0 aliphatic carbocycles. The molecule has 0 bridgehead atoms. The zero-order chi connectivity index (χ0) is 21.5. The van der Waals surface area contributed by atoms with E-state index in [1.165, 1.54) is 42.6 Å². The van der Waals surface area contributed by atoms with Gasteiger partial charge in [0, 0.05) is 17.9 Å². The molecule has 1 amide bonds. The molecule has 3 aromatic rings. The van der Waals surface area contributed by atoms with Crippen LogP contribution < -0.4 is 10.1 Å². The van der Waals surface area contributed by atoms with Crippen LogP contribution in [-0.2, 0) is 11.2 Å². The number of rotatable bonds is 9. The predicted octanol–water partition coefficient (Wildman–Crippen LogP) is 3.67. The van der Waals surface area contributed by atoms with Crippen LogP contribution in [0.4, 0.5) is 10.2 Å². The number of benzene rings is 1. The van der Waals surface area contributed by atoms with Crippen LogP contribution >= 0.6 is 23.2 Å². The fraction of sp³-hybridized carbons (Fsp3) is 0.316. The molecule has 0 saturated heterocycles. The van der Waals surface area contributed by atoms with Gasteiger partial charge in [0.1, 0.15) is 17.3 Å². The van der Waals surface area contributed by atoms with Crippen molar-refractivity contribution in [2.75, 3.05) is 18.3 Å². The van der Waals surface area contributed by atoms with Gasteiger partial charge >= 0.3 is 0 Å². The molecule has 0 radical (unpaired) electrons. The van der Waals surface area contributed by atoms with E-state index in [0.29, 0.717) is 35.7 Å². The normalized spacial score (nSPS) is 11.9. The molecule has 2 heterocycles. The molecule has 8 nitrogen and oxygen atoms in total. The maximum atomic E-state index is 14.0. The van der Waals surface area contributed by atoms with E-state index < -0.39 is 11.7 Å². The minimum atomic E-state index is -0.571. The molecule has 1 N–H and O–H groups in total. The Bertz CT molecular complexity index is 1000. The van der Waals surface area contributed by atoms with Gasteiger partial charge in [-0.15, -0.1) is 21.5 Å². The molecule has 2 aromatic heterocycles. The van der Waals surface area contributed by atoms with Crippen molar-refractivity contribution in [1.82, 2.24) is 25.2 Å². The summed E-state index contributed by atoms with van der Waals surface area (Å²) in [4.78, 5) is 14.2. The quantitative estimate of drug-likeness (QED) is 0.497. The lowest BCUT2D eigenvalue weighted by Gasteiger charge is -2.17. The Balaban J connectivity index is 1.76. The first kappa shape index (κ1) is 21.9. The van der Waals surface area contributed by atoms with Crippen LogP contribution in [-0.4, -0.2) is 44.1 Å². The van der Waals surface area contributed by atoms with Crippen molar-refractivity contribution in [3.63, 3.8) is 0 Å². The fourth-order valence-electron chi connectivity index (χ4n) is 2.91. The molecule has 158 valence electrons. The van der Waals surface area contributed by atoms with Crippen LogP contribution in [0.5, 0.6) is 5.75 Å². The van der Waals surface area contributed by atoms with Crippen LogP contribution in [0.25, 0.3) is 5.69 Å². The highest BCUT2D eigenvalue weighted by Gasteiger charge is 2.22. The van der Waals surface area contributed by atoms with Gasteiger partial charge < -0.3 is 10.1 Å².